The van der Waals surface area contributed by atoms with Gasteiger partial charge in [-0.15, -0.1) is 0 Å². The largest absolute Gasteiger partial charge is 0.373 e. The van der Waals surface area contributed by atoms with Crippen molar-refractivity contribution in [2.45, 2.75) is 84.0 Å². The van der Waals surface area contributed by atoms with Crippen LogP contribution < -0.4 is 5.90 Å². The number of rotatable bonds is 12. The summed E-state index contributed by atoms with van der Waals surface area (Å²) in [4.78, 5) is 14.8. The first-order valence-corrected chi connectivity index (χ1v) is 7.20. The quantitative estimate of drug-likeness (QED) is 0.423. The average molecular weight is 263 g/mol. The Balaban J connectivity index is 0. The summed E-state index contributed by atoms with van der Waals surface area (Å²) in [7, 11) is 0. The minimum absolute atomic E-state index is 0. The van der Waals surface area contributed by atoms with Crippen molar-refractivity contribution in [2.75, 3.05) is 0 Å². The maximum atomic E-state index is 10.7. The number of hydrogen-bond acceptors (Lipinski definition) is 3. The third-order valence-electron chi connectivity index (χ3n) is 3.12. The van der Waals surface area contributed by atoms with Crippen molar-refractivity contribution >= 4 is 5.97 Å². The van der Waals surface area contributed by atoms with Gasteiger partial charge < -0.3 is 4.84 Å². The molecular formula is C14H30FNO2. The molecule has 0 aromatic carbocycles. The van der Waals surface area contributed by atoms with Gasteiger partial charge in [0.15, 0.2) is 0 Å². The molecule has 2 N–H and O–H groups in total. The topological polar surface area (TPSA) is 52.3 Å². The molecule has 0 aliphatic heterocycles. The summed E-state index contributed by atoms with van der Waals surface area (Å²) < 4.78 is 0. The Morgan fingerprint density at radius 1 is 0.833 bits per heavy atom. The third kappa shape index (κ3) is 15.4. The first-order chi connectivity index (χ1) is 8.31. The van der Waals surface area contributed by atoms with E-state index in [2.05, 4.69) is 11.8 Å². The molecule has 0 aromatic rings. The molecule has 0 saturated heterocycles. The number of nitrogens with two attached hydrogens (primary N) is 1. The van der Waals surface area contributed by atoms with E-state index in [1.165, 1.54) is 57.8 Å². The molecule has 0 bridgehead atoms. The van der Waals surface area contributed by atoms with Crippen LogP contribution in [0.4, 0.5) is 4.70 Å². The minimum Gasteiger partial charge on any atom is -0.373 e. The Bertz CT molecular complexity index is 177. The summed E-state index contributed by atoms with van der Waals surface area (Å²) in [5, 5.41) is 0. The highest BCUT2D eigenvalue weighted by Gasteiger charge is 1.99. The molecule has 0 rings (SSSR count). The third-order valence-corrected chi connectivity index (χ3v) is 3.12. The predicted molar refractivity (Wildman–Crippen MR) is 73.9 cm³/mol. The fourth-order valence-electron chi connectivity index (χ4n) is 1.99. The predicted octanol–water partition coefficient (Wildman–Crippen LogP) is 4.26. The summed E-state index contributed by atoms with van der Waals surface area (Å²) in [6, 6.07) is 0. The molecule has 110 valence electrons. The highest BCUT2D eigenvalue weighted by atomic mass is 19.0. The van der Waals surface area contributed by atoms with Crippen LogP contribution in [-0.4, -0.2) is 5.97 Å². The number of carbonyl (C=O) groups is 1. The molecule has 0 atom stereocenters. The summed E-state index contributed by atoms with van der Waals surface area (Å²) in [6.07, 6.45) is 14.6. The van der Waals surface area contributed by atoms with Gasteiger partial charge in [0.05, 0.1) is 0 Å². The van der Waals surface area contributed by atoms with Crippen molar-refractivity contribution in [3.63, 3.8) is 0 Å². The minimum atomic E-state index is -0.291. The number of unbranched alkanes of at least 4 members (excludes halogenated alkanes) is 10. The Morgan fingerprint density at radius 3 is 1.61 bits per heavy atom. The second-order valence-corrected chi connectivity index (χ2v) is 4.78. The molecule has 0 fully saturated rings. The molecule has 0 unspecified atom stereocenters. The van der Waals surface area contributed by atoms with Crippen molar-refractivity contribution < 1.29 is 14.3 Å². The van der Waals surface area contributed by atoms with Crippen LogP contribution >= 0.6 is 0 Å². The highest BCUT2D eigenvalue weighted by Crippen LogP contribution is 2.11. The highest BCUT2D eigenvalue weighted by molar-refractivity contribution is 5.68. The van der Waals surface area contributed by atoms with Crippen LogP contribution in [0, 0.1) is 0 Å². The smallest absolute Gasteiger partial charge is 0.324 e. The van der Waals surface area contributed by atoms with Gasteiger partial charge in [-0.3, -0.25) is 9.50 Å². The number of halogens is 1. The van der Waals surface area contributed by atoms with Crippen molar-refractivity contribution in [2.24, 2.45) is 5.90 Å². The molecule has 0 heterocycles. The van der Waals surface area contributed by atoms with Gasteiger partial charge in [0.25, 0.3) is 0 Å². The van der Waals surface area contributed by atoms with Crippen LogP contribution in [0.3, 0.4) is 0 Å². The van der Waals surface area contributed by atoms with Crippen molar-refractivity contribution in [3.05, 3.63) is 0 Å². The van der Waals surface area contributed by atoms with Crippen LogP contribution in [0.15, 0.2) is 0 Å². The lowest BCUT2D eigenvalue weighted by Crippen LogP contribution is -2.08. The fraction of sp³-hybridized carbons (Fsp3) is 0.929. The molecule has 0 amide bonds. The van der Waals surface area contributed by atoms with Crippen molar-refractivity contribution in [1.29, 1.82) is 0 Å². The molecule has 0 aromatic heterocycles. The number of hydrogen-bond donors (Lipinski definition) is 1. The van der Waals surface area contributed by atoms with Gasteiger partial charge in [-0.1, -0.05) is 71.1 Å². The molecule has 0 aliphatic carbocycles. The molecule has 4 heteroatoms. The summed E-state index contributed by atoms with van der Waals surface area (Å²) in [6.45, 7) is 2.25. The van der Waals surface area contributed by atoms with Crippen LogP contribution in [0.2, 0.25) is 0 Å². The van der Waals surface area contributed by atoms with Gasteiger partial charge in [-0.05, 0) is 6.42 Å². The van der Waals surface area contributed by atoms with Gasteiger partial charge in [-0.25, -0.2) is 0 Å². The lowest BCUT2D eigenvalue weighted by atomic mass is 10.1. The fourth-order valence-corrected chi connectivity index (χ4v) is 1.99. The maximum Gasteiger partial charge on any atom is 0.324 e. The first kappa shape index (κ1) is 19.7. The zero-order valence-electron chi connectivity index (χ0n) is 11.8. The second kappa shape index (κ2) is 16.4. The monoisotopic (exact) mass is 263 g/mol. The van der Waals surface area contributed by atoms with Crippen molar-refractivity contribution in [3.8, 4) is 0 Å². The van der Waals surface area contributed by atoms with Crippen LogP contribution in [-0.2, 0) is 9.63 Å². The summed E-state index contributed by atoms with van der Waals surface area (Å²) >= 11 is 0. The molecule has 0 saturated carbocycles. The molecule has 0 radical (unpaired) electrons. The van der Waals surface area contributed by atoms with Gasteiger partial charge >= 0.3 is 5.97 Å². The standard InChI is InChI=1S/C14H29NO2.FH/c1-2-3-4-5-6-7-8-9-10-11-12-13-14(16)17-15;/h2-13,15H2,1H3;1H. The zero-order valence-corrected chi connectivity index (χ0v) is 11.8. The Kier molecular flexibility index (Phi) is 17.9. The van der Waals surface area contributed by atoms with Gasteiger partial charge in [0.2, 0.25) is 0 Å². The Labute approximate surface area is 111 Å². The molecular weight excluding hydrogens is 233 g/mol. The van der Waals surface area contributed by atoms with E-state index in [0.29, 0.717) is 6.42 Å². The van der Waals surface area contributed by atoms with E-state index in [1.807, 2.05) is 0 Å². The van der Waals surface area contributed by atoms with Crippen LogP contribution in [0.1, 0.15) is 84.0 Å². The first-order valence-electron chi connectivity index (χ1n) is 7.20. The Hall–Kier alpha value is -0.640. The van der Waals surface area contributed by atoms with Gasteiger partial charge in [0.1, 0.15) is 0 Å². The van der Waals surface area contributed by atoms with E-state index in [9.17, 15) is 4.79 Å². The number of carbonyl (C=O) groups excluding carboxylic acids is 1. The van der Waals surface area contributed by atoms with Gasteiger partial charge in [-0.2, -0.15) is 5.90 Å². The van der Waals surface area contributed by atoms with E-state index < -0.39 is 0 Å². The summed E-state index contributed by atoms with van der Waals surface area (Å²) in [5.41, 5.74) is 0. The van der Waals surface area contributed by atoms with E-state index in [0.717, 1.165) is 12.8 Å². The van der Waals surface area contributed by atoms with Crippen molar-refractivity contribution in [1.82, 2.24) is 0 Å². The van der Waals surface area contributed by atoms with E-state index in [1.54, 1.807) is 0 Å². The van der Waals surface area contributed by atoms with Crippen LogP contribution in [0.25, 0.3) is 0 Å². The van der Waals surface area contributed by atoms with E-state index >= 15 is 0 Å². The molecule has 0 spiro atoms. The lowest BCUT2D eigenvalue weighted by molar-refractivity contribution is -0.144. The summed E-state index contributed by atoms with van der Waals surface area (Å²) in [5.74, 6) is 4.46. The van der Waals surface area contributed by atoms with Gasteiger partial charge in [0, 0.05) is 6.42 Å². The molecule has 0 aliphatic rings. The van der Waals surface area contributed by atoms with E-state index in [4.69, 9.17) is 5.90 Å². The average Bonchev–Trinajstić information content (AvgIpc) is 2.35. The molecule has 18 heavy (non-hydrogen) atoms. The SMILES string of the molecule is CCCCCCCCCCCCCC(=O)ON.F. The van der Waals surface area contributed by atoms with Crippen LogP contribution in [0.5, 0.6) is 0 Å². The Morgan fingerprint density at radius 2 is 1.22 bits per heavy atom. The molecule has 3 nitrogen and oxygen atoms in total. The lowest BCUT2D eigenvalue weighted by Gasteiger charge is -2.02. The second-order valence-electron chi connectivity index (χ2n) is 4.78. The van der Waals surface area contributed by atoms with E-state index in [-0.39, 0.29) is 10.7 Å². The maximum absolute atomic E-state index is 10.7. The zero-order chi connectivity index (χ0) is 12.8. The normalized spacial score (nSPS) is 9.89.